The summed E-state index contributed by atoms with van der Waals surface area (Å²) in [6.45, 7) is 0. The van der Waals surface area contributed by atoms with Gasteiger partial charge in [-0.25, -0.2) is 4.98 Å². The van der Waals surface area contributed by atoms with Crippen LogP contribution in [-0.2, 0) is 4.79 Å². The van der Waals surface area contributed by atoms with Crippen molar-refractivity contribution in [3.05, 3.63) is 42.3 Å². The highest BCUT2D eigenvalue weighted by molar-refractivity contribution is 8.00. The Morgan fingerprint density at radius 3 is 2.90 bits per heavy atom. The van der Waals surface area contributed by atoms with Gasteiger partial charge in [0, 0.05) is 11.1 Å². The SMILES string of the molecule is O=C1CSCC1c1nc(-c2ccc3ccccc3n2)no1. The Labute approximate surface area is 124 Å². The van der Waals surface area contributed by atoms with E-state index in [1.165, 1.54) is 0 Å². The Kier molecular flexibility index (Phi) is 2.96. The van der Waals surface area contributed by atoms with E-state index in [1.54, 1.807) is 11.8 Å². The molecule has 3 aromatic rings. The number of hydrogen-bond donors (Lipinski definition) is 0. The van der Waals surface area contributed by atoms with Crippen LogP contribution in [0.2, 0.25) is 0 Å². The summed E-state index contributed by atoms with van der Waals surface area (Å²) in [5.74, 6) is 1.95. The van der Waals surface area contributed by atoms with Gasteiger partial charge in [0.05, 0.1) is 11.3 Å². The molecule has 0 spiro atoms. The van der Waals surface area contributed by atoms with Crippen LogP contribution in [0.15, 0.2) is 40.9 Å². The summed E-state index contributed by atoms with van der Waals surface area (Å²) in [6.07, 6.45) is 0. The molecule has 1 atom stereocenters. The van der Waals surface area contributed by atoms with Crippen molar-refractivity contribution in [1.29, 1.82) is 0 Å². The minimum atomic E-state index is -0.267. The predicted molar refractivity (Wildman–Crippen MR) is 80.1 cm³/mol. The number of thioether (sulfide) groups is 1. The third-order valence-corrected chi connectivity index (χ3v) is 4.54. The van der Waals surface area contributed by atoms with E-state index in [-0.39, 0.29) is 11.7 Å². The number of benzene rings is 1. The highest BCUT2D eigenvalue weighted by atomic mass is 32.2. The molecule has 0 aliphatic carbocycles. The van der Waals surface area contributed by atoms with Gasteiger partial charge in [-0.15, -0.1) is 0 Å². The molecule has 1 unspecified atom stereocenters. The molecule has 6 heteroatoms. The zero-order valence-corrected chi connectivity index (χ0v) is 11.8. The fourth-order valence-corrected chi connectivity index (χ4v) is 3.44. The van der Waals surface area contributed by atoms with Crippen LogP contribution < -0.4 is 0 Å². The Morgan fingerprint density at radius 1 is 1.14 bits per heavy atom. The zero-order chi connectivity index (χ0) is 14.2. The Hall–Kier alpha value is -2.21. The van der Waals surface area contributed by atoms with Crippen molar-refractivity contribution in [3.8, 4) is 11.5 Å². The van der Waals surface area contributed by atoms with Crippen LogP contribution in [0.5, 0.6) is 0 Å². The van der Waals surface area contributed by atoms with Crippen molar-refractivity contribution >= 4 is 28.4 Å². The molecule has 2 aromatic heterocycles. The van der Waals surface area contributed by atoms with Crippen LogP contribution >= 0.6 is 11.8 Å². The molecule has 0 amide bonds. The van der Waals surface area contributed by atoms with Crippen molar-refractivity contribution in [1.82, 2.24) is 15.1 Å². The first-order valence-electron chi connectivity index (χ1n) is 6.61. The molecule has 0 N–H and O–H groups in total. The number of fused-ring (bicyclic) bond motifs is 1. The number of ketones is 1. The van der Waals surface area contributed by atoms with Gasteiger partial charge in [-0.2, -0.15) is 16.7 Å². The number of carbonyl (C=O) groups is 1. The molecule has 104 valence electrons. The number of hydrogen-bond acceptors (Lipinski definition) is 6. The molecular formula is C15H11N3O2S. The number of pyridine rings is 1. The van der Waals surface area contributed by atoms with E-state index >= 15 is 0 Å². The summed E-state index contributed by atoms with van der Waals surface area (Å²) in [6, 6.07) is 11.7. The van der Waals surface area contributed by atoms with Gasteiger partial charge in [-0.1, -0.05) is 29.4 Å². The number of para-hydroxylation sites is 1. The standard InChI is InChI=1S/C15H11N3O2S/c19-13-8-21-7-10(13)15-17-14(18-20-15)12-6-5-9-3-1-2-4-11(9)16-12/h1-6,10H,7-8H2. The lowest BCUT2D eigenvalue weighted by Crippen LogP contribution is -2.09. The number of carbonyl (C=O) groups excluding carboxylic acids is 1. The van der Waals surface area contributed by atoms with Crippen LogP contribution in [0.4, 0.5) is 0 Å². The van der Waals surface area contributed by atoms with Gasteiger partial charge >= 0.3 is 0 Å². The maximum absolute atomic E-state index is 11.7. The Bertz CT molecular complexity index is 830. The first-order valence-corrected chi connectivity index (χ1v) is 7.77. The maximum atomic E-state index is 11.7. The fourth-order valence-electron chi connectivity index (χ4n) is 2.35. The Balaban J connectivity index is 1.72. The smallest absolute Gasteiger partial charge is 0.238 e. The average Bonchev–Trinajstić information content (AvgIpc) is 3.15. The molecule has 3 heterocycles. The van der Waals surface area contributed by atoms with E-state index in [1.807, 2.05) is 36.4 Å². The van der Waals surface area contributed by atoms with Gasteiger partial charge in [-0.3, -0.25) is 4.79 Å². The van der Waals surface area contributed by atoms with Gasteiger partial charge in [0.15, 0.2) is 5.78 Å². The fraction of sp³-hybridized carbons (Fsp3) is 0.200. The van der Waals surface area contributed by atoms with E-state index in [9.17, 15) is 4.79 Å². The second kappa shape index (κ2) is 4.96. The van der Waals surface area contributed by atoms with Crippen molar-refractivity contribution in [2.24, 2.45) is 0 Å². The molecule has 1 saturated heterocycles. The summed E-state index contributed by atoms with van der Waals surface area (Å²) >= 11 is 1.60. The van der Waals surface area contributed by atoms with Crippen LogP contribution in [0.3, 0.4) is 0 Å². The van der Waals surface area contributed by atoms with Crippen LogP contribution in [-0.4, -0.2) is 32.4 Å². The lowest BCUT2D eigenvalue weighted by atomic mass is 10.1. The molecule has 21 heavy (non-hydrogen) atoms. The molecular weight excluding hydrogens is 286 g/mol. The van der Waals surface area contributed by atoms with Crippen molar-refractivity contribution in [3.63, 3.8) is 0 Å². The van der Waals surface area contributed by atoms with E-state index in [2.05, 4.69) is 15.1 Å². The van der Waals surface area contributed by atoms with Crippen LogP contribution in [0.25, 0.3) is 22.4 Å². The highest BCUT2D eigenvalue weighted by Crippen LogP contribution is 2.29. The monoisotopic (exact) mass is 297 g/mol. The zero-order valence-electron chi connectivity index (χ0n) is 11.0. The second-order valence-electron chi connectivity index (χ2n) is 4.88. The van der Waals surface area contributed by atoms with Gasteiger partial charge in [0.1, 0.15) is 11.6 Å². The first kappa shape index (κ1) is 12.5. The van der Waals surface area contributed by atoms with Crippen molar-refractivity contribution < 1.29 is 9.32 Å². The molecule has 1 fully saturated rings. The van der Waals surface area contributed by atoms with E-state index in [0.717, 1.165) is 10.9 Å². The van der Waals surface area contributed by atoms with E-state index in [0.29, 0.717) is 28.9 Å². The maximum Gasteiger partial charge on any atom is 0.238 e. The molecule has 1 aliphatic rings. The van der Waals surface area contributed by atoms with E-state index in [4.69, 9.17) is 4.52 Å². The molecule has 1 aliphatic heterocycles. The topological polar surface area (TPSA) is 68.9 Å². The summed E-state index contributed by atoms with van der Waals surface area (Å²) in [5.41, 5.74) is 1.54. The molecule has 1 aromatic carbocycles. The molecule has 4 rings (SSSR count). The summed E-state index contributed by atoms with van der Waals surface area (Å²) in [5, 5.41) is 5.02. The largest absolute Gasteiger partial charge is 0.338 e. The molecule has 0 bridgehead atoms. The minimum absolute atomic E-state index is 0.154. The van der Waals surface area contributed by atoms with Gasteiger partial charge in [0.25, 0.3) is 0 Å². The van der Waals surface area contributed by atoms with Gasteiger partial charge in [0.2, 0.25) is 11.7 Å². The van der Waals surface area contributed by atoms with Crippen LogP contribution in [0.1, 0.15) is 11.8 Å². The third kappa shape index (κ3) is 2.21. The number of rotatable bonds is 2. The summed E-state index contributed by atoms with van der Waals surface area (Å²) in [4.78, 5) is 20.6. The van der Waals surface area contributed by atoms with Crippen molar-refractivity contribution in [2.75, 3.05) is 11.5 Å². The lowest BCUT2D eigenvalue weighted by Gasteiger charge is -1.99. The van der Waals surface area contributed by atoms with Crippen LogP contribution in [0, 0.1) is 0 Å². The first-order chi connectivity index (χ1) is 10.3. The third-order valence-electron chi connectivity index (χ3n) is 3.48. The lowest BCUT2D eigenvalue weighted by molar-refractivity contribution is -0.117. The van der Waals surface area contributed by atoms with Gasteiger partial charge in [-0.05, 0) is 12.1 Å². The normalized spacial score (nSPS) is 18.5. The molecule has 0 radical (unpaired) electrons. The predicted octanol–water partition coefficient (Wildman–Crippen LogP) is 2.68. The average molecular weight is 297 g/mol. The Morgan fingerprint density at radius 2 is 2.05 bits per heavy atom. The minimum Gasteiger partial charge on any atom is -0.338 e. The van der Waals surface area contributed by atoms with Crippen molar-refractivity contribution in [2.45, 2.75) is 5.92 Å². The van der Waals surface area contributed by atoms with Gasteiger partial charge < -0.3 is 4.52 Å². The molecule has 0 saturated carbocycles. The number of aromatic nitrogens is 3. The molecule has 5 nitrogen and oxygen atoms in total. The second-order valence-corrected chi connectivity index (χ2v) is 5.91. The highest BCUT2D eigenvalue weighted by Gasteiger charge is 2.31. The summed E-state index contributed by atoms with van der Waals surface area (Å²) < 4.78 is 5.25. The number of nitrogens with zero attached hydrogens (tertiary/aromatic N) is 3. The van der Waals surface area contributed by atoms with E-state index < -0.39 is 0 Å². The number of Topliss-reactive ketones (excluding diaryl/α,β-unsaturated/α-hetero) is 1. The summed E-state index contributed by atoms with van der Waals surface area (Å²) in [7, 11) is 0. The quantitative estimate of drug-likeness (QED) is 0.724.